The predicted molar refractivity (Wildman–Crippen MR) is 144 cm³/mol. The van der Waals surface area contributed by atoms with Gasteiger partial charge in [0.2, 0.25) is 0 Å². The van der Waals surface area contributed by atoms with Crippen molar-refractivity contribution in [2.24, 2.45) is 28.1 Å². The van der Waals surface area contributed by atoms with E-state index in [1.54, 1.807) is 24.5 Å². The second-order valence-electron chi connectivity index (χ2n) is 13.1. The molecule has 3 heterocycles. The fourth-order valence-electron chi connectivity index (χ4n) is 4.32. The standard InChI is InChI=1S/C10H13NO.C10H18O2.C10H20O/c1-10(2,3)9(12)8-5-4-6-11-7-8;1-10(2,3)9(11)8-4-6-12-7-5-8;1-10(2,3)8-9-4-6-11-7-5-9/h4-7H,1-3H3;8H,4-7H2,1-3H3;9H,4-8H2,1-3H3. The number of carbonyl (C=O) groups is 2. The highest BCUT2D eigenvalue weighted by Crippen LogP contribution is 2.30. The lowest BCUT2D eigenvalue weighted by atomic mass is 9.80. The third-order valence-electron chi connectivity index (χ3n) is 6.18. The van der Waals surface area contributed by atoms with Crippen LogP contribution < -0.4 is 0 Å². The first kappa shape index (κ1) is 31.4. The van der Waals surface area contributed by atoms with Crippen molar-refractivity contribution in [3.8, 4) is 0 Å². The van der Waals surface area contributed by atoms with E-state index in [1.165, 1.54) is 19.3 Å². The van der Waals surface area contributed by atoms with Gasteiger partial charge in [-0.15, -0.1) is 0 Å². The van der Waals surface area contributed by atoms with Crippen molar-refractivity contribution < 1.29 is 19.1 Å². The molecule has 5 heteroatoms. The maximum atomic E-state index is 11.8. The summed E-state index contributed by atoms with van der Waals surface area (Å²) in [6.45, 7) is 22.1. The van der Waals surface area contributed by atoms with Gasteiger partial charge in [-0.05, 0) is 55.6 Å². The Morgan fingerprint density at radius 2 is 1.34 bits per heavy atom. The van der Waals surface area contributed by atoms with Gasteiger partial charge >= 0.3 is 0 Å². The van der Waals surface area contributed by atoms with E-state index in [4.69, 9.17) is 9.47 Å². The zero-order chi connectivity index (χ0) is 26.7. The summed E-state index contributed by atoms with van der Waals surface area (Å²) in [4.78, 5) is 27.3. The molecule has 1 aromatic heterocycles. The van der Waals surface area contributed by atoms with E-state index in [2.05, 4.69) is 25.8 Å². The number of ether oxygens (including phenoxy) is 2. The maximum Gasteiger partial charge on any atom is 0.169 e. The van der Waals surface area contributed by atoms with Gasteiger partial charge in [-0.25, -0.2) is 0 Å². The summed E-state index contributed by atoms with van der Waals surface area (Å²) in [7, 11) is 0. The second kappa shape index (κ2) is 14.2. The van der Waals surface area contributed by atoms with E-state index >= 15 is 0 Å². The minimum atomic E-state index is -0.316. The molecule has 2 saturated heterocycles. The molecular formula is C30H51NO4. The molecule has 0 spiro atoms. The van der Waals surface area contributed by atoms with Gasteiger partial charge in [-0.2, -0.15) is 0 Å². The van der Waals surface area contributed by atoms with Crippen molar-refractivity contribution in [3.05, 3.63) is 30.1 Å². The molecule has 0 atom stereocenters. The number of ketones is 2. The van der Waals surface area contributed by atoms with Crippen LogP contribution in [0.2, 0.25) is 0 Å². The van der Waals surface area contributed by atoms with E-state index in [0.29, 0.717) is 16.8 Å². The van der Waals surface area contributed by atoms with Crippen molar-refractivity contribution in [3.63, 3.8) is 0 Å². The van der Waals surface area contributed by atoms with Crippen LogP contribution >= 0.6 is 0 Å². The number of pyridine rings is 1. The van der Waals surface area contributed by atoms with Gasteiger partial charge in [-0.3, -0.25) is 14.6 Å². The lowest BCUT2D eigenvalue weighted by Gasteiger charge is -2.28. The lowest BCUT2D eigenvalue weighted by molar-refractivity contribution is -0.133. The molecule has 2 aliphatic rings. The topological polar surface area (TPSA) is 65.5 Å². The van der Waals surface area contributed by atoms with Crippen molar-refractivity contribution in [2.75, 3.05) is 26.4 Å². The van der Waals surface area contributed by atoms with Crippen LogP contribution in [0.25, 0.3) is 0 Å². The summed E-state index contributed by atoms with van der Waals surface area (Å²) in [6.07, 6.45) is 9.00. The van der Waals surface area contributed by atoms with Gasteiger partial charge in [-0.1, -0.05) is 62.3 Å². The first-order valence-corrected chi connectivity index (χ1v) is 13.3. The summed E-state index contributed by atoms with van der Waals surface area (Å²) in [5, 5.41) is 0. The van der Waals surface area contributed by atoms with Crippen LogP contribution in [-0.4, -0.2) is 43.0 Å². The van der Waals surface area contributed by atoms with Gasteiger partial charge in [0.1, 0.15) is 5.78 Å². The number of rotatable bonds is 3. The minimum absolute atomic E-state index is 0.135. The molecule has 0 N–H and O–H groups in total. The average Bonchev–Trinajstić information content (AvgIpc) is 2.78. The molecule has 0 aromatic carbocycles. The molecule has 0 radical (unpaired) electrons. The number of aromatic nitrogens is 1. The van der Waals surface area contributed by atoms with Crippen LogP contribution in [0.4, 0.5) is 0 Å². The smallest absolute Gasteiger partial charge is 0.169 e. The van der Waals surface area contributed by atoms with E-state index in [9.17, 15) is 9.59 Å². The molecule has 1 aromatic rings. The number of carbonyl (C=O) groups excluding carboxylic acids is 2. The first-order valence-electron chi connectivity index (χ1n) is 13.3. The highest BCUT2D eigenvalue weighted by molar-refractivity contribution is 5.99. The molecule has 0 amide bonds. The molecule has 2 fully saturated rings. The first-order chi connectivity index (χ1) is 16.1. The molecule has 5 nitrogen and oxygen atoms in total. The predicted octanol–water partition coefficient (Wildman–Crippen LogP) is 7.19. The Bertz CT molecular complexity index is 741. The monoisotopic (exact) mass is 489 g/mol. The SMILES string of the molecule is CC(C)(C)C(=O)C1CCOCC1.CC(C)(C)C(=O)c1cccnc1.CC(C)(C)CC1CCOCC1. The highest BCUT2D eigenvalue weighted by Gasteiger charge is 2.30. The van der Waals surface area contributed by atoms with Crippen LogP contribution in [-0.2, 0) is 14.3 Å². The molecular weight excluding hydrogens is 438 g/mol. The normalized spacial score (nSPS) is 18.0. The van der Waals surface area contributed by atoms with Crippen molar-refractivity contribution in [2.45, 2.75) is 94.4 Å². The highest BCUT2D eigenvalue weighted by atomic mass is 16.5. The molecule has 0 unspecified atom stereocenters. The van der Waals surface area contributed by atoms with Gasteiger partial charge in [0, 0.05) is 61.1 Å². The third-order valence-corrected chi connectivity index (χ3v) is 6.18. The minimum Gasteiger partial charge on any atom is -0.381 e. The lowest BCUT2D eigenvalue weighted by Crippen LogP contribution is -2.32. The third kappa shape index (κ3) is 13.3. The quantitative estimate of drug-likeness (QED) is 0.420. The molecule has 0 bridgehead atoms. The summed E-state index contributed by atoms with van der Waals surface area (Å²) >= 11 is 0. The fourth-order valence-corrected chi connectivity index (χ4v) is 4.32. The van der Waals surface area contributed by atoms with E-state index in [0.717, 1.165) is 45.2 Å². The number of Topliss-reactive ketones (excluding diaryl/α,β-unsaturated/α-hetero) is 2. The van der Waals surface area contributed by atoms with Crippen LogP contribution in [0.1, 0.15) is 105 Å². The Morgan fingerprint density at radius 1 is 0.829 bits per heavy atom. The largest absolute Gasteiger partial charge is 0.381 e. The molecule has 35 heavy (non-hydrogen) atoms. The van der Waals surface area contributed by atoms with E-state index < -0.39 is 0 Å². The Hall–Kier alpha value is -1.59. The Morgan fingerprint density at radius 3 is 1.74 bits per heavy atom. The summed E-state index contributed by atoms with van der Waals surface area (Å²) < 4.78 is 10.5. The zero-order valence-electron chi connectivity index (χ0n) is 23.9. The molecule has 2 aliphatic heterocycles. The Labute approximate surface area is 214 Å². The summed E-state index contributed by atoms with van der Waals surface area (Å²) in [5.74, 6) is 1.70. The number of hydrogen-bond donors (Lipinski definition) is 0. The summed E-state index contributed by atoms with van der Waals surface area (Å²) in [5.41, 5.74) is 0.692. The van der Waals surface area contributed by atoms with Crippen molar-refractivity contribution in [1.29, 1.82) is 0 Å². The Kier molecular flexibility index (Phi) is 12.8. The Balaban J connectivity index is 0.000000263. The van der Waals surface area contributed by atoms with Gasteiger partial charge in [0.25, 0.3) is 0 Å². The molecule has 0 aliphatic carbocycles. The van der Waals surface area contributed by atoms with Crippen molar-refractivity contribution in [1.82, 2.24) is 4.98 Å². The van der Waals surface area contributed by atoms with Crippen LogP contribution in [0.15, 0.2) is 24.5 Å². The summed E-state index contributed by atoms with van der Waals surface area (Å²) in [6, 6.07) is 3.57. The van der Waals surface area contributed by atoms with E-state index in [1.807, 2.05) is 41.5 Å². The number of hydrogen-bond acceptors (Lipinski definition) is 5. The number of nitrogens with zero attached hydrogens (tertiary/aromatic N) is 1. The second-order valence-corrected chi connectivity index (χ2v) is 13.1. The average molecular weight is 490 g/mol. The molecule has 3 rings (SSSR count). The molecule has 0 saturated carbocycles. The fraction of sp³-hybridized carbons (Fsp3) is 0.767. The maximum absolute atomic E-state index is 11.8. The zero-order valence-corrected chi connectivity index (χ0v) is 23.9. The van der Waals surface area contributed by atoms with Gasteiger partial charge < -0.3 is 9.47 Å². The van der Waals surface area contributed by atoms with Gasteiger partial charge in [0.05, 0.1) is 0 Å². The van der Waals surface area contributed by atoms with Crippen molar-refractivity contribution >= 4 is 11.6 Å². The van der Waals surface area contributed by atoms with E-state index in [-0.39, 0.29) is 22.5 Å². The van der Waals surface area contributed by atoms with Crippen LogP contribution in [0.5, 0.6) is 0 Å². The van der Waals surface area contributed by atoms with Crippen LogP contribution in [0.3, 0.4) is 0 Å². The molecule has 200 valence electrons. The van der Waals surface area contributed by atoms with Crippen LogP contribution in [0, 0.1) is 28.1 Å². The van der Waals surface area contributed by atoms with Gasteiger partial charge in [0.15, 0.2) is 5.78 Å².